The zero-order valence-electron chi connectivity index (χ0n) is 10.8. The maximum absolute atomic E-state index is 11.1. The van der Waals surface area contributed by atoms with Crippen LogP contribution >= 0.6 is 12.4 Å². The van der Waals surface area contributed by atoms with Crippen LogP contribution in [0.2, 0.25) is 0 Å². The van der Waals surface area contributed by atoms with Crippen LogP contribution in [-0.2, 0) is 11.2 Å². The van der Waals surface area contributed by atoms with Gasteiger partial charge in [0, 0.05) is 5.54 Å². The molecule has 18 heavy (non-hydrogen) atoms. The molecular weight excluding hydrogens is 254 g/mol. The minimum atomic E-state index is -0.868. The standard InChI is InChI=1S/C13H19NO3.ClH/c1-13(2,3)14-11(12(16)17)8-9-4-6-10(15)7-5-9;/h4-7,11,14-15H,8H2,1-3H3,(H,16,17);1H/t11-;/m0./s1. The third-order valence-electron chi connectivity index (χ3n) is 2.28. The number of hydrogen-bond acceptors (Lipinski definition) is 3. The largest absolute Gasteiger partial charge is 0.508 e. The fourth-order valence-corrected chi connectivity index (χ4v) is 1.59. The Morgan fingerprint density at radius 3 is 2.17 bits per heavy atom. The molecule has 0 saturated carbocycles. The van der Waals surface area contributed by atoms with Crippen LogP contribution in [0, 0.1) is 0 Å². The second-order valence-corrected chi connectivity index (χ2v) is 5.16. The molecule has 0 amide bonds. The number of rotatable bonds is 4. The van der Waals surface area contributed by atoms with E-state index in [0.717, 1.165) is 5.56 Å². The molecule has 0 aliphatic rings. The Morgan fingerprint density at radius 1 is 1.28 bits per heavy atom. The van der Waals surface area contributed by atoms with Gasteiger partial charge in [-0.1, -0.05) is 12.1 Å². The van der Waals surface area contributed by atoms with Crippen LogP contribution in [0.25, 0.3) is 0 Å². The van der Waals surface area contributed by atoms with Gasteiger partial charge in [-0.3, -0.25) is 10.1 Å². The molecule has 0 aromatic heterocycles. The van der Waals surface area contributed by atoms with Crippen molar-refractivity contribution in [3.63, 3.8) is 0 Å². The zero-order valence-corrected chi connectivity index (χ0v) is 11.6. The lowest BCUT2D eigenvalue weighted by Crippen LogP contribution is -2.48. The lowest BCUT2D eigenvalue weighted by molar-refractivity contribution is -0.140. The van der Waals surface area contributed by atoms with E-state index in [1.165, 1.54) is 0 Å². The van der Waals surface area contributed by atoms with Gasteiger partial charge in [-0.05, 0) is 44.9 Å². The lowest BCUT2D eigenvalue weighted by Gasteiger charge is -2.26. The summed E-state index contributed by atoms with van der Waals surface area (Å²) in [6, 6.07) is 5.96. The van der Waals surface area contributed by atoms with Gasteiger partial charge in [0.25, 0.3) is 0 Å². The summed E-state index contributed by atoms with van der Waals surface area (Å²) in [6.07, 6.45) is 0.396. The predicted molar refractivity (Wildman–Crippen MR) is 73.4 cm³/mol. The average Bonchev–Trinajstić information content (AvgIpc) is 2.18. The summed E-state index contributed by atoms with van der Waals surface area (Å²) in [7, 11) is 0. The number of carboxylic acid groups (broad SMARTS) is 1. The summed E-state index contributed by atoms with van der Waals surface area (Å²) in [6.45, 7) is 5.79. The van der Waals surface area contributed by atoms with Crippen molar-refractivity contribution < 1.29 is 15.0 Å². The van der Waals surface area contributed by atoms with Gasteiger partial charge in [-0.2, -0.15) is 0 Å². The first-order valence-corrected chi connectivity index (χ1v) is 5.56. The van der Waals surface area contributed by atoms with E-state index >= 15 is 0 Å². The number of phenolic OH excluding ortho intramolecular Hbond substituents is 1. The summed E-state index contributed by atoms with van der Waals surface area (Å²) in [4.78, 5) is 11.1. The van der Waals surface area contributed by atoms with E-state index in [4.69, 9.17) is 10.2 Å². The second kappa shape index (κ2) is 6.61. The maximum atomic E-state index is 11.1. The van der Waals surface area contributed by atoms with Crippen molar-refractivity contribution in [3.8, 4) is 5.75 Å². The van der Waals surface area contributed by atoms with Crippen LogP contribution < -0.4 is 5.32 Å². The fourth-order valence-electron chi connectivity index (χ4n) is 1.59. The summed E-state index contributed by atoms with van der Waals surface area (Å²) >= 11 is 0. The Balaban J connectivity index is 0.00000289. The molecular formula is C13H20ClNO3. The highest BCUT2D eigenvalue weighted by Gasteiger charge is 2.23. The Hall–Kier alpha value is -1.26. The van der Waals surface area contributed by atoms with Crippen LogP contribution in [0.15, 0.2) is 24.3 Å². The Morgan fingerprint density at radius 2 is 1.78 bits per heavy atom. The van der Waals surface area contributed by atoms with Gasteiger partial charge in [-0.15, -0.1) is 12.4 Å². The molecule has 0 radical (unpaired) electrons. The molecule has 1 aromatic carbocycles. The van der Waals surface area contributed by atoms with E-state index in [-0.39, 0.29) is 23.7 Å². The Labute approximate surface area is 113 Å². The lowest BCUT2D eigenvalue weighted by atomic mass is 10.0. The van der Waals surface area contributed by atoms with Crippen molar-refractivity contribution >= 4 is 18.4 Å². The van der Waals surface area contributed by atoms with E-state index in [9.17, 15) is 4.79 Å². The highest BCUT2D eigenvalue weighted by Crippen LogP contribution is 2.12. The van der Waals surface area contributed by atoms with Gasteiger partial charge in [0.1, 0.15) is 11.8 Å². The molecule has 0 saturated heterocycles. The van der Waals surface area contributed by atoms with Gasteiger partial charge in [-0.25, -0.2) is 0 Å². The first-order valence-electron chi connectivity index (χ1n) is 5.56. The van der Waals surface area contributed by atoms with Crippen LogP contribution in [0.5, 0.6) is 5.75 Å². The number of benzene rings is 1. The van der Waals surface area contributed by atoms with Crippen molar-refractivity contribution in [2.24, 2.45) is 0 Å². The molecule has 0 spiro atoms. The zero-order chi connectivity index (χ0) is 13.1. The second-order valence-electron chi connectivity index (χ2n) is 5.16. The third-order valence-corrected chi connectivity index (χ3v) is 2.28. The number of nitrogens with one attached hydrogen (secondary N) is 1. The maximum Gasteiger partial charge on any atom is 0.321 e. The van der Waals surface area contributed by atoms with Gasteiger partial charge >= 0.3 is 5.97 Å². The molecule has 0 bridgehead atoms. The first kappa shape index (κ1) is 16.7. The average molecular weight is 274 g/mol. The normalized spacial score (nSPS) is 12.6. The molecule has 0 fully saturated rings. The smallest absolute Gasteiger partial charge is 0.321 e. The van der Waals surface area contributed by atoms with E-state index in [1.54, 1.807) is 24.3 Å². The van der Waals surface area contributed by atoms with E-state index in [0.29, 0.717) is 6.42 Å². The molecule has 4 nitrogen and oxygen atoms in total. The minimum Gasteiger partial charge on any atom is -0.508 e. The summed E-state index contributed by atoms with van der Waals surface area (Å²) < 4.78 is 0. The van der Waals surface area contributed by atoms with Crippen LogP contribution in [0.1, 0.15) is 26.3 Å². The Bertz CT molecular complexity index is 384. The first-order chi connectivity index (χ1) is 7.78. The Kier molecular flexibility index (Phi) is 6.15. The number of aromatic hydroxyl groups is 1. The van der Waals surface area contributed by atoms with E-state index in [2.05, 4.69) is 5.32 Å². The van der Waals surface area contributed by atoms with E-state index in [1.807, 2.05) is 20.8 Å². The molecule has 0 unspecified atom stereocenters. The third kappa shape index (κ3) is 5.89. The fraction of sp³-hybridized carbons (Fsp3) is 0.462. The monoisotopic (exact) mass is 273 g/mol. The topological polar surface area (TPSA) is 69.6 Å². The van der Waals surface area contributed by atoms with Gasteiger partial charge in [0.15, 0.2) is 0 Å². The number of aliphatic carboxylic acids is 1. The molecule has 102 valence electrons. The number of carbonyl (C=O) groups is 1. The van der Waals surface area contributed by atoms with Crippen molar-refractivity contribution in [2.45, 2.75) is 38.8 Å². The van der Waals surface area contributed by atoms with Gasteiger partial charge in [0.05, 0.1) is 0 Å². The quantitative estimate of drug-likeness (QED) is 0.787. The summed E-state index contributed by atoms with van der Waals surface area (Å²) in [5, 5.41) is 21.4. The minimum absolute atomic E-state index is 0. The molecule has 0 aliphatic heterocycles. The van der Waals surface area contributed by atoms with Crippen molar-refractivity contribution in [1.29, 1.82) is 0 Å². The highest BCUT2D eigenvalue weighted by molar-refractivity contribution is 5.85. The van der Waals surface area contributed by atoms with Crippen molar-refractivity contribution in [3.05, 3.63) is 29.8 Å². The molecule has 3 N–H and O–H groups in total. The van der Waals surface area contributed by atoms with Crippen molar-refractivity contribution in [2.75, 3.05) is 0 Å². The number of halogens is 1. The number of carboxylic acids is 1. The summed E-state index contributed by atoms with van der Waals surface area (Å²) in [5.41, 5.74) is 0.631. The van der Waals surface area contributed by atoms with E-state index < -0.39 is 12.0 Å². The number of phenols is 1. The summed E-state index contributed by atoms with van der Waals surface area (Å²) in [5.74, 6) is -0.683. The van der Waals surface area contributed by atoms with Crippen LogP contribution in [0.3, 0.4) is 0 Å². The van der Waals surface area contributed by atoms with Gasteiger partial charge < -0.3 is 10.2 Å². The molecule has 5 heteroatoms. The SMILES string of the molecule is CC(C)(C)N[C@@H](Cc1ccc(O)cc1)C(=O)O.Cl. The molecule has 0 aliphatic carbocycles. The molecule has 0 heterocycles. The number of hydrogen-bond donors (Lipinski definition) is 3. The molecule has 1 atom stereocenters. The van der Waals surface area contributed by atoms with Crippen LogP contribution in [0.4, 0.5) is 0 Å². The molecule has 1 aromatic rings. The highest BCUT2D eigenvalue weighted by atomic mass is 35.5. The van der Waals surface area contributed by atoms with Gasteiger partial charge in [0.2, 0.25) is 0 Å². The van der Waals surface area contributed by atoms with Crippen molar-refractivity contribution in [1.82, 2.24) is 5.32 Å². The van der Waals surface area contributed by atoms with Crippen LogP contribution in [-0.4, -0.2) is 27.8 Å². The predicted octanol–water partition coefficient (Wildman–Crippen LogP) is 2.20. The molecule has 1 rings (SSSR count).